The summed E-state index contributed by atoms with van der Waals surface area (Å²) in [6.45, 7) is 0. The van der Waals surface area contributed by atoms with E-state index in [9.17, 15) is 4.79 Å². The van der Waals surface area contributed by atoms with Gasteiger partial charge in [-0.25, -0.2) is 14.4 Å². The number of benzene rings is 1. The third-order valence-corrected chi connectivity index (χ3v) is 5.17. The van der Waals surface area contributed by atoms with Gasteiger partial charge >= 0.3 is 0 Å². The van der Waals surface area contributed by atoms with Crippen LogP contribution in [0.4, 0.5) is 0 Å². The number of ether oxygens (including phenoxy) is 2. The van der Waals surface area contributed by atoms with Crippen LogP contribution in [0.1, 0.15) is 5.56 Å². The van der Waals surface area contributed by atoms with E-state index in [1.54, 1.807) is 26.5 Å². The Morgan fingerprint density at radius 3 is 2.84 bits per heavy atom. The van der Waals surface area contributed by atoms with Gasteiger partial charge in [0.15, 0.2) is 10.6 Å². The van der Waals surface area contributed by atoms with Gasteiger partial charge in [-0.05, 0) is 46.3 Å². The first kappa shape index (κ1) is 16.0. The second kappa shape index (κ2) is 6.12. The molecule has 0 N–H and O–H groups in total. The number of thiazole rings is 1. The lowest BCUT2D eigenvalue weighted by molar-refractivity contribution is 0.402. The summed E-state index contributed by atoms with van der Waals surface area (Å²) >= 11 is 4.68. The summed E-state index contributed by atoms with van der Waals surface area (Å²) < 4.78 is 13.5. The highest BCUT2D eigenvalue weighted by molar-refractivity contribution is 9.10. The number of rotatable bonds is 3. The summed E-state index contributed by atoms with van der Waals surface area (Å²) in [7, 11) is 3.19. The van der Waals surface area contributed by atoms with Crippen LogP contribution >= 0.6 is 27.3 Å². The Morgan fingerprint density at radius 1 is 1.24 bits per heavy atom. The topological polar surface area (TPSA) is 65.7 Å². The lowest BCUT2D eigenvalue weighted by Gasteiger charge is -2.06. The first-order chi connectivity index (χ1) is 12.1. The van der Waals surface area contributed by atoms with Gasteiger partial charge in [0.2, 0.25) is 0 Å². The average molecular weight is 418 g/mol. The van der Waals surface area contributed by atoms with Crippen LogP contribution in [0, 0.1) is 0 Å². The normalized spacial score (nSPS) is 12.2. The molecule has 3 heterocycles. The van der Waals surface area contributed by atoms with E-state index in [0.29, 0.717) is 32.2 Å². The van der Waals surface area contributed by atoms with Gasteiger partial charge in [0.05, 0.1) is 18.8 Å². The molecule has 126 valence electrons. The number of nitrogens with zero attached hydrogens (tertiary/aromatic N) is 3. The monoisotopic (exact) mass is 417 g/mol. The van der Waals surface area contributed by atoms with E-state index in [2.05, 4.69) is 25.9 Å². The van der Waals surface area contributed by atoms with Crippen LogP contribution in [-0.2, 0) is 0 Å². The fourth-order valence-electron chi connectivity index (χ4n) is 2.61. The van der Waals surface area contributed by atoms with E-state index in [1.807, 2.05) is 24.3 Å². The molecule has 0 aliphatic rings. The van der Waals surface area contributed by atoms with Gasteiger partial charge in [-0.15, -0.1) is 0 Å². The Morgan fingerprint density at radius 2 is 2.08 bits per heavy atom. The third-order valence-electron chi connectivity index (χ3n) is 3.77. The summed E-state index contributed by atoms with van der Waals surface area (Å²) in [5.41, 5.74) is 1.85. The maximum absolute atomic E-state index is 12.8. The van der Waals surface area contributed by atoms with Gasteiger partial charge in [-0.1, -0.05) is 11.3 Å². The lowest BCUT2D eigenvalue weighted by Crippen LogP contribution is -2.23. The molecule has 0 aliphatic heterocycles. The Hall–Kier alpha value is -2.45. The molecule has 0 atom stereocenters. The number of pyridine rings is 1. The Bertz CT molecular complexity index is 1220. The van der Waals surface area contributed by atoms with Crippen molar-refractivity contribution < 1.29 is 9.47 Å². The van der Waals surface area contributed by atoms with Gasteiger partial charge in [0.1, 0.15) is 17.0 Å². The van der Waals surface area contributed by atoms with Crippen LogP contribution < -0.4 is 19.6 Å². The molecule has 0 bridgehead atoms. The largest absolute Gasteiger partial charge is 0.497 e. The fraction of sp³-hybridized carbons (Fsp3) is 0.118. The molecule has 0 unspecified atom stereocenters. The first-order valence-corrected chi connectivity index (χ1v) is 8.92. The molecule has 0 amide bonds. The van der Waals surface area contributed by atoms with Crippen molar-refractivity contribution >= 4 is 49.5 Å². The number of fused-ring (bicyclic) bond motifs is 3. The van der Waals surface area contributed by atoms with Gasteiger partial charge in [0, 0.05) is 16.2 Å². The molecule has 4 aromatic rings. The van der Waals surface area contributed by atoms with E-state index in [4.69, 9.17) is 9.47 Å². The number of aromatic nitrogens is 3. The van der Waals surface area contributed by atoms with Gasteiger partial charge in [-0.3, -0.25) is 4.79 Å². The van der Waals surface area contributed by atoms with Gasteiger partial charge < -0.3 is 9.47 Å². The van der Waals surface area contributed by atoms with Crippen molar-refractivity contribution in [1.29, 1.82) is 0 Å². The molecule has 0 saturated carbocycles. The molecule has 3 aromatic heterocycles. The summed E-state index contributed by atoms with van der Waals surface area (Å²) in [6.07, 6.45) is 3.44. The van der Waals surface area contributed by atoms with Gasteiger partial charge in [-0.2, -0.15) is 0 Å². The Kier molecular flexibility index (Phi) is 3.93. The van der Waals surface area contributed by atoms with E-state index in [-0.39, 0.29) is 5.56 Å². The highest BCUT2D eigenvalue weighted by Crippen LogP contribution is 2.25. The smallest absolute Gasteiger partial charge is 0.276 e. The minimum Gasteiger partial charge on any atom is -0.497 e. The Balaban J connectivity index is 1.97. The average Bonchev–Trinajstić information content (AvgIpc) is 3.10. The van der Waals surface area contributed by atoms with Crippen molar-refractivity contribution in [3.8, 4) is 11.5 Å². The summed E-state index contributed by atoms with van der Waals surface area (Å²) in [4.78, 5) is 22.2. The number of hydrogen-bond donors (Lipinski definition) is 0. The van der Waals surface area contributed by atoms with Crippen molar-refractivity contribution in [3.05, 3.63) is 55.4 Å². The molecule has 25 heavy (non-hydrogen) atoms. The molecule has 8 heteroatoms. The summed E-state index contributed by atoms with van der Waals surface area (Å²) in [5.74, 6) is 1.36. The van der Waals surface area contributed by atoms with Crippen LogP contribution in [0.25, 0.3) is 22.2 Å². The van der Waals surface area contributed by atoms with Crippen molar-refractivity contribution in [2.24, 2.45) is 0 Å². The maximum Gasteiger partial charge on any atom is 0.276 e. The molecule has 1 aromatic carbocycles. The summed E-state index contributed by atoms with van der Waals surface area (Å²) in [6, 6.07) is 7.29. The molecule has 6 nitrogen and oxygen atoms in total. The molecule has 0 fully saturated rings. The molecule has 0 spiro atoms. The second-order valence-corrected chi connectivity index (χ2v) is 7.17. The van der Waals surface area contributed by atoms with Crippen molar-refractivity contribution in [1.82, 2.24) is 14.4 Å². The Labute approximate surface area is 154 Å². The lowest BCUT2D eigenvalue weighted by atomic mass is 10.2. The molecular formula is C17H12BrN3O3S. The maximum atomic E-state index is 12.8. The predicted octanol–water partition coefficient (Wildman–Crippen LogP) is 2.63. The minimum atomic E-state index is -0.151. The third kappa shape index (κ3) is 2.67. The molecule has 0 saturated heterocycles. The first-order valence-electron chi connectivity index (χ1n) is 7.31. The number of methoxy groups -OCH3 is 2. The van der Waals surface area contributed by atoms with Crippen LogP contribution in [0.3, 0.4) is 0 Å². The van der Waals surface area contributed by atoms with Crippen LogP contribution in [-0.4, -0.2) is 28.6 Å². The zero-order chi connectivity index (χ0) is 17.6. The van der Waals surface area contributed by atoms with E-state index < -0.39 is 0 Å². The summed E-state index contributed by atoms with van der Waals surface area (Å²) in [5, 5.41) is 0. The van der Waals surface area contributed by atoms with Crippen LogP contribution in [0.5, 0.6) is 11.5 Å². The standard InChI is InChI=1S/C17H12BrN3O3S/c1-23-11-3-4-13(24-2)9(5-11)6-14-16(22)21-15-12(20-17(21)25-14)7-10(18)8-19-15/h3-8H,1-2H3/b14-6-. The molecule has 0 radical (unpaired) electrons. The zero-order valence-electron chi connectivity index (χ0n) is 13.3. The van der Waals surface area contributed by atoms with Crippen LogP contribution in [0.2, 0.25) is 0 Å². The van der Waals surface area contributed by atoms with Crippen molar-refractivity contribution in [3.63, 3.8) is 0 Å². The quantitative estimate of drug-likeness (QED) is 0.512. The zero-order valence-corrected chi connectivity index (χ0v) is 15.7. The minimum absolute atomic E-state index is 0.151. The molecule has 4 rings (SSSR count). The SMILES string of the molecule is COc1ccc(OC)c(/C=c2\sc3nc4cc(Br)cnc4n3c2=O)c1. The van der Waals surface area contributed by atoms with Gasteiger partial charge in [0.25, 0.3) is 5.56 Å². The van der Waals surface area contributed by atoms with E-state index in [1.165, 1.54) is 15.7 Å². The number of imidazole rings is 1. The highest BCUT2D eigenvalue weighted by Gasteiger charge is 2.13. The molecular weight excluding hydrogens is 406 g/mol. The van der Waals surface area contributed by atoms with E-state index in [0.717, 1.165) is 10.0 Å². The van der Waals surface area contributed by atoms with Crippen molar-refractivity contribution in [2.45, 2.75) is 0 Å². The highest BCUT2D eigenvalue weighted by atomic mass is 79.9. The van der Waals surface area contributed by atoms with E-state index >= 15 is 0 Å². The molecule has 0 aliphatic carbocycles. The van der Waals surface area contributed by atoms with Crippen molar-refractivity contribution in [2.75, 3.05) is 14.2 Å². The van der Waals surface area contributed by atoms with Crippen LogP contribution in [0.15, 0.2) is 39.7 Å². The second-order valence-electron chi connectivity index (χ2n) is 5.25. The predicted molar refractivity (Wildman–Crippen MR) is 101 cm³/mol. The fourth-order valence-corrected chi connectivity index (χ4v) is 3.89. The number of halogens is 1. The number of hydrogen-bond acceptors (Lipinski definition) is 6.